The Morgan fingerprint density at radius 2 is 0.758 bits per heavy atom. The molecule has 33 heavy (non-hydrogen) atoms. The van der Waals surface area contributed by atoms with Gasteiger partial charge in [0.25, 0.3) is 0 Å². The number of halogens is 1. The lowest BCUT2D eigenvalue weighted by Gasteiger charge is -1.99. The molecule has 0 saturated carbocycles. The molecule has 0 aliphatic heterocycles. The normalized spacial score (nSPS) is 8.36. The average Bonchev–Trinajstić information content (AvgIpc) is 2.75. The highest BCUT2D eigenvalue weighted by atomic mass is 79.9. The summed E-state index contributed by atoms with van der Waals surface area (Å²) in [4.78, 5) is 41.9. The van der Waals surface area contributed by atoms with E-state index in [1.807, 2.05) is 0 Å². The maximum atomic E-state index is 10.6. The quantitative estimate of drug-likeness (QED) is 0.178. The summed E-state index contributed by atoms with van der Waals surface area (Å²) in [6.07, 6.45) is 0. The second-order valence-corrected chi connectivity index (χ2v) is 6.52. The van der Waals surface area contributed by atoms with Crippen molar-refractivity contribution in [2.45, 2.75) is 48.5 Å². The smallest absolute Gasteiger partial charge is 0.334 e. The second-order valence-electron chi connectivity index (χ2n) is 5.96. The van der Waals surface area contributed by atoms with Crippen molar-refractivity contribution >= 4 is 39.8 Å². The number of rotatable bonds is 9. The van der Waals surface area contributed by atoms with Gasteiger partial charge in [0.05, 0.1) is 26.4 Å². The van der Waals surface area contributed by atoms with E-state index >= 15 is 0 Å². The lowest BCUT2D eigenvalue weighted by atomic mass is 10.4. The van der Waals surface area contributed by atoms with Gasteiger partial charge in [-0.15, -0.1) is 0 Å². The van der Waals surface area contributed by atoms with E-state index in [4.69, 9.17) is 0 Å². The molecule has 0 fully saturated rings. The number of hydrogen-bond donors (Lipinski definition) is 0. The Balaban J connectivity index is -0.000000170. The highest BCUT2D eigenvalue weighted by Gasteiger charge is 2.03. The van der Waals surface area contributed by atoms with E-state index in [2.05, 4.69) is 61.2 Å². The van der Waals surface area contributed by atoms with Crippen molar-refractivity contribution in [1.29, 1.82) is 0 Å². The zero-order valence-electron chi connectivity index (χ0n) is 21.0. The SMILES string of the molecule is C=C(C)C(=O)OCC.C=C(C)C(=O)OCC.C=C(C)C(=O)OCC.C=C(CBr)C(=O)OCC. The molecule has 0 aromatic heterocycles. The van der Waals surface area contributed by atoms with E-state index < -0.39 is 0 Å². The molecule has 0 saturated heterocycles. The van der Waals surface area contributed by atoms with Crippen LogP contribution in [0.2, 0.25) is 0 Å². The first-order chi connectivity index (χ1) is 15.3. The fourth-order valence-corrected chi connectivity index (χ4v) is 1.28. The molecule has 0 heterocycles. The summed E-state index contributed by atoms with van der Waals surface area (Å²) >= 11 is 3.08. The average molecular weight is 535 g/mol. The van der Waals surface area contributed by atoms with E-state index in [0.29, 0.717) is 54.1 Å². The van der Waals surface area contributed by atoms with Gasteiger partial charge < -0.3 is 18.9 Å². The molecule has 0 atom stereocenters. The molecule has 0 aromatic carbocycles. The van der Waals surface area contributed by atoms with Gasteiger partial charge in [-0.2, -0.15) is 0 Å². The zero-order chi connectivity index (χ0) is 27.0. The molecular weight excluding hydrogens is 496 g/mol. The van der Waals surface area contributed by atoms with Crippen molar-refractivity contribution < 1.29 is 38.1 Å². The fraction of sp³-hybridized carbons (Fsp3) is 0.500. The van der Waals surface area contributed by atoms with Crippen LogP contribution in [0.3, 0.4) is 0 Å². The van der Waals surface area contributed by atoms with Crippen LogP contribution in [0.15, 0.2) is 48.6 Å². The highest BCUT2D eigenvalue weighted by molar-refractivity contribution is 9.09. The summed E-state index contributed by atoms with van der Waals surface area (Å²) in [5.74, 6) is -1.26. The van der Waals surface area contributed by atoms with Gasteiger partial charge in [0, 0.05) is 27.6 Å². The van der Waals surface area contributed by atoms with Crippen LogP contribution in [0.5, 0.6) is 0 Å². The van der Waals surface area contributed by atoms with E-state index in [1.54, 1.807) is 48.5 Å². The van der Waals surface area contributed by atoms with Crippen molar-refractivity contribution in [2.75, 3.05) is 31.8 Å². The molecule has 0 unspecified atom stereocenters. The highest BCUT2D eigenvalue weighted by Crippen LogP contribution is 1.98. The van der Waals surface area contributed by atoms with Crippen LogP contribution in [0.1, 0.15) is 48.5 Å². The van der Waals surface area contributed by atoms with E-state index in [0.717, 1.165) is 0 Å². The lowest BCUT2D eigenvalue weighted by molar-refractivity contribution is -0.139. The Labute approximate surface area is 206 Å². The third-order valence-corrected chi connectivity index (χ3v) is 3.27. The molecule has 0 aromatic rings. The third-order valence-electron chi connectivity index (χ3n) is 2.60. The molecule has 0 radical (unpaired) electrons. The molecular formula is C24H39BrO8. The number of carbonyl (C=O) groups excluding carboxylic acids is 4. The molecule has 0 spiro atoms. The Bertz CT molecular complexity index is 599. The minimum atomic E-state index is -0.325. The van der Waals surface area contributed by atoms with Crippen LogP contribution in [-0.2, 0) is 38.1 Å². The van der Waals surface area contributed by atoms with Crippen molar-refractivity contribution in [3.8, 4) is 0 Å². The monoisotopic (exact) mass is 534 g/mol. The number of carbonyl (C=O) groups is 4. The molecule has 9 heteroatoms. The minimum absolute atomic E-state index is 0.312. The topological polar surface area (TPSA) is 105 Å². The van der Waals surface area contributed by atoms with Crippen LogP contribution in [0.25, 0.3) is 0 Å². The molecule has 190 valence electrons. The van der Waals surface area contributed by atoms with Gasteiger partial charge in [0.1, 0.15) is 0 Å². The summed E-state index contributed by atoms with van der Waals surface area (Å²) in [5.41, 5.74) is 1.81. The predicted octanol–water partition coefficient (Wildman–Crippen LogP) is 4.88. The molecule has 0 amide bonds. The van der Waals surface area contributed by atoms with Gasteiger partial charge in [0.15, 0.2) is 0 Å². The Morgan fingerprint density at radius 3 is 0.879 bits per heavy atom. The summed E-state index contributed by atoms with van der Waals surface area (Å²) < 4.78 is 18.3. The maximum absolute atomic E-state index is 10.6. The van der Waals surface area contributed by atoms with Crippen LogP contribution in [-0.4, -0.2) is 55.6 Å². The summed E-state index contributed by atoms with van der Waals surface area (Å²) in [6, 6.07) is 0. The third kappa shape index (κ3) is 29.3. The number of ether oxygens (including phenoxy) is 4. The van der Waals surface area contributed by atoms with Crippen LogP contribution in [0.4, 0.5) is 0 Å². The van der Waals surface area contributed by atoms with Crippen molar-refractivity contribution in [2.24, 2.45) is 0 Å². The van der Waals surface area contributed by atoms with Gasteiger partial charge in [-0.3, -0.25) is 0 Å². The first kappa shape index (κ1) is 37.6. The number of esters is 4. The predicted molar refractivity (Wildman–Crippen MR) is 134 cm³/mol. The number of hydrogen-bond acceptors (Lipinski definition) is 8. The van der Waals surface area contributed by atoms with Gasteiger partial charge in [-0.1, -0.05) is 42.2 Å². The summed E-state index contributed by atoms with van der Waals surface area (Å²) in [5, 5.41) is 0.478. The van der Waals surface area contributed by atoms with E-state index in [9.17, 15) is 19.2 Å². The van der Waals surface area contributed by atoms with Gasteiger partial charge in [-0.25, -0.2) is 19.2 Å². The van der Waals surface area contributed by atoms with Gasteiger partial charge in [-0.05, 0) is 48.5 Å². The molecule has 0 rings (SSSR count). The first-order valence-electron chi connectivity index (χ1n) is 10.2. The van der Waals surface area contributed by atoms with Crippen LogP contribution >= 0.6 is 15.9 Å². The van der Waals surface area contributed by atoms with Crippen LogP contribution in [0, 0.1) is 0 Å². The molecule has 0 bridgehead atoms. The largest absolute Gasteiger partial charge is 0.463 e. The van der Waals surface area contributed by atoms with E-state index in [-0.39, 0.29) is 23.9 Å². The Kier molecular flexibility index (Phi) is 29.2. The van der Waals surface area contributed by atoms with Crippen molar-refractivity contribution in [1.82, 2.24) is 0 Å². The van der Waals surface area contributed by atoms with Crippen molar-refractivity contribution in [3.05, 3.63) is 48.6 Å². The summed E-state index contributed by atoms with van der Waals surface area (Å²) in [7, 11) is 0. The number of alkyl halides is 1. The second kappa shape index (κ2) is 25.6. The molecule has 0 aliphatic rings. The van der Waals surface area contributed by atoms with Gasteiger partial charge in [0.2, 0.25) is 0 Å². The lowest BCUT2D eigenvalue weighted by Crippen LogP contribution is -2.06. The van der Waals surface area contributed by atoms with Crippen molar-refractivity contribution in [3.63, 3.8) is 0 Å². The minimum Gasteiger partial charge on any atom is -0.463 e. The fourth-order valence-electron chi connectivity index (χ4n) is 1.05. The maximum Gasteiger partial charge on any atom is 0.334 e. The molecule has 0 N–H and O–H groups in total. The standard InChI is InChI=1S/C6H9BrO2.3C6H10O2/c1-3-9-6(8)5(2)4-7;3*1-4-8-6(7)5(2)3/h2-4H2,1H3;3*2,4H2,1,3H3. The zero-order valence-corrected chi connectivity index (χ0v) is 22.6. The Morgan fingerprint density at radius 1 is 0.545 bits per heavy atom. The summed E-state index contributed by atoms with van der Waals surface area (Å²) in [6.45, 7) is 27.3. The van der Waals surface area contributed by atoms with Crippen LogP contribution < -0.4 is 0 Å². The molecule has 8 nitrogen and oxygen atoms in total. The van der Waals surface area contributed by atoms with Gasteiger partial charge >= 0.3 is 23.9 Å². The Hall–Kier alpha value is -2.68. The molecule has 0 aliphatic carbocycles. The first-order valence-corrected chi connectivity index (χ1v) is 11.3. The van der Waals surface area contributed by atoms with E-state index in [1.165, 1.54) is 0 Å².